The number of phosphoric ester groups is 1. The number of carbonyl (C=O) groups excluding carboxylic acids is 1. The van der Waals surface area contributed by atoms with Crippen LogP contribution in [0.4, 0.5) is 0 Å². The smallest absolute Gasteiger partial charge is 0.457 e. The van der Waals surface area contributed by atoms with E-state index in [4.69, 9.17) is 24.3 Å². The normalized spacial score (nSPS) is 14.2. The second kappa shape index (κ2) is 45.8. The highest BCUT2D eigenvalue weighted by atomic mass is 31.2. The van der Waals surface area contributed by atoms with Crippen molar-refractivity contribution in [3.63, 3.8) is 0 Å². The fraction of sp³-hybridized carbons (Fsp3) is 0.694. The van der Waals surface area contributed by atoms with E-state index in [2.05, 4.69) is 98.9 Å². The molecule has 0 radical (unpaired) electrons. The van der Waals surface area contributed by atoms with E-state index >= 15 is 0 Å². The minimum atomic E-state index is -4.29. The van der Waals surface area contributed by atoms with Gasteiger partial charge in [-0.2, -0.15) is 0 Å². The van der Waals surface area contributed by atoms with Gasteiger partial charge < -0.3 is 20.1 Å². The lowest BCUT2D eigenvalue weighted by Crippen LogP contribution is -2.28. The third-order valence-corrected chi connectivity index (χ3v) is 10.3. The first-order valence-electron chi connectivity index (χ1n) is 23.1. The largest absolute Gasteiger partial charge is 0.472 e. The molecule has 0 aliphatic heterocycles. The maximum Gasteiger partial charge on any atom is 0.472 e. The number of allylic oxidation sites excluding steroid dienone is 14. The summed E-state index contributed by atoms with van der Waals surface area (Å²) < 4.78 is 33.5. The number of ether oxygens (including phenoxy) is 2. The number of carbonyl (C=O) groups is 1. The van der Waals surface area contributed by atoms with E-state index in [-0.39, 0.29) is 32.3 Å². The molecule has 0 rings (SSSR count). The van der Waals surface area contributed by atoms with Crippen molar-refractivity contribution in [2.75, 3.05) is 33.0 Å². The number of phosphoric acid groups is 1. The molecule has 0 saturated heterocycles. The van der Waals surface area contributed by atoms with Gasteiger partial charge in [0.1, 0.15) is 6.10 Å². The Morgan fingerprint density at radius 1 is 0.534 bits per heavy atom. The van der Waals surface area contributed by atoms with Gasteiger partial charge in [-0.15, -0.1) is 0 Å². The Morgan fingerprint density at radius 3 is 1.45 bits per heavy atom. The molecule has 0 aromatic rings. The number of hydrogen-bond acceptors (Lipinski definition) is 7. The average molecular weight is 832 g/mol. The summed E-state index contributed by atoms with van der Waals surface area (Å²) in [5.74, 6) is -0.354. The van der Waals surface area contributed by atoms with E-state index in [0.717, 1.165) is 89.9 Å². The predicted molar refractivity (Wildman–Crippen MR) is 247 cm³/mol. The predicted octanol–water partition coefficient (Wildman–Crippen LogP) is 14.1. The zero-order valence-corrected chi connectivity index (χ0v) is 37.9. The SMILES string of the molecule is CC/C=C\C/C=C\C/C=C\C/C=C\C/C=C\CCCCCCCC(=O)OC(COCCCCCCCCCC/C=C\C/C=C\CCCCC)COP(=O)(O)OCCN. The fourth-order valence-electron chi connectivity index (χ4n) is 5.93. The van der Waals surface area contributed by atoms with Gasteiger partial charge in [0, 0.05) is 19.6 Å². The monoisotopic (exact) mass is 832 g/mol. The van der Waals surface area contributed by atoms with E-state index in [1.165, 1.54) is 70.6 Å². The summed E-state index contributed by atoms with van der Waals surface area (Å²) in [4.78, 5) is 22.5. The van der Waals surface area contributed by atoms with Crippen LogP contribution in [0.25, 0.3) is 0 Å². The first-order valence-corrected chi connectivity index (χ1v) is 24.6. The maximum absolute atomic E-state index is 12.6. The van der Waals surface area contributed by atoms with Crippen LogP contribution in [0.2, 0.25) is 0 Å². The zero-order valence-electron chi connectivity index (χ0n) is 37.0. The molecule has 2 unspecified atom stereocenters. The van der Waals surface area contributed by atoms with Crippen LogP contribution in [0.3, 0.4) is 0 Å². The first-order chi connectivity index (χ1) is 28.4. The molecule has 2 atom stereocenters. The molecule has 0 saturated carbocycles. The molecule has 8 nitrogen and oxygen atoms in total. The van der Waals surface area contributed by atoms with Gasteiger partial charge in [0.05, 0.1) is 19.8 Å². The van der Waals surface area contributed by atoms with Gasteiger partial charge in [-0.3, -0.25) is 13.8 Å². The van der Waals surface area contributed by atoms with Crippen molar-refractivity contribution in [2.24, 2.45) is 5.73 Å². The third-order valence-electron chi connectivity index (χ3n) is 9.30. The minimum absolute atomic E-state index is 0.0913. The summed E-state index contributed by atoms with van der Waals surface area (Å²) in [7, 11) is -4.29. The summed E-state index contributed by atoms with van der Waals surface area (Å²) in [6.07, 6.45) is 58.8. The highest BCUT2D eigenvalue weighted by Gasteiger charge is 2.25. The van der Waals surface area contributed by atoms with Gasteiger partial charge in [-0.1, -0.05) is 170 Å². The van der Waals surface area contributed by atoms with Crippen molar-refractivity contribution in [3.05, 3.63) is 85.1 Å². The van der Waals surface area contributed by atoms with Crippen molar-refractivity contribution in [3.8, 4) is 0 Å². The van der Waals surface area contributed by atoms with E-state index in [1.54, 1.807) is 0 Å². The van der Waals surface area contributed by atoms with Crippen molar-refractivity contribution < 1.29 is 32.8 Å². The molecule has 0 aliphatic carbocycles. The number of hydrogen-bond donors (Lipinski definition) is 2. The quantitative estimate of drug-likeness (QED) is 0.0270. The van der Waals surface area contributed by atoms with E-state index < -0.39 is 13.9 Å². The van der Waals surface area contributed by atoms with Crippen LogP contribution in [0.15, 0.2) is 85.1 Å². The molecule has 0 aromatic carbocycles. The van der Waals surface area contributed by atoms with Gasteiger partial charge in [-0.05, 0) is 89.9 Å². The number of nitrogens with two attached hydrogens (primary N) is 1. The number of rotatable bonds is 43. The Labute approximate surface area is 356 Å². The molecule has 58 heavy (non-hydrogen) atoms. The summed E-state index contributed by atoms with van der Waals surface area (Å²) in [5.41, 5.74) is 5.38. The Bertz CT molecular complexity index is 1160. The lowest BCUT2D eigenvalue weighted by Gasteiger charge is -2.20. The topological polar surface area (TPSA) is 117 Å². The Kier molecular flexibility index (Phi) is 43.9. The van der Waals surface area contributed by atoms with Gasteiger partial charge in [0.25, 0.3) is 0 Å². The van der Waals surface area contributed by atoms with Gasteiger partial charge >= 0.3 is 13.8 Å². The average Bonchev–Trinajstić information content (AvgIpc) is 3.21. The molecular formula is C49H86NO7P. The number of unbranched alkanes of at least 4 members (excludes halogenated alkanes) is 16. The van der Waals surface area contributed by atoms with Crippen LogP contribution < -0.4 is 5.73 Å². The van der Waals surface area contributed by atoms with Gasteiger partial charge in [0.2, 0.25) is 0 Å². The van der Waals surface area contributed by atoms with E-state index in [0.29, 0.717) is 13.0 Å². The second-order valence-electron chi connectivity index (χ2n) is 14.9. The second-order valence-corrected chi connectivity index (χ2v) is 16.3. The highest BCUT2D eigenvalue weighted by molar-refractivity contribution is 7.47. The number of esters is 1. The summed E-state index contributed by atoms with van der Waals surface area (Å²) in [6.45, 7) is 4.73. The Balaban J connectivity index is 4.08. The van der Waals surface area contributed by atoms with Crippen molar-refractivity contribution in [1.82, 2.24) is 0 Å². The molecule has 9 heteroatoms. The lowest BCUT2D eigenvalue weighted by atomic mass is 10.1. The molecule has 334 valence electrons. The standard InChI is InChI=1S/C49H86NO7P/c1-3-5-7-9-11-13-15-17-19-21-23-24-25-26-28-30-32-34-36-38-40-42-49(51)57-48(47-56-58(52,53)55-45-43-50)46-54-44-41-39-37-35-33-31-29-27-22-20-18-16-14-12-10-8-6-4-2/h5,7,11-14,17-20,23-24,26,28,48H,3-4,6,8-10,15-16,21-22,25,27,29-47,50H2,1-2H3,(H,52,53)/b7-5-,13-11-,14-12-,19-17-,20-18-,24-23-,28-26-. The van der Waals surface area contributed by atoms with Gasteiger partial charge in [-0.25, -0.2) is 4.57 Å². The molecule has 0 heterocycles. The molecule has 3 N–H and O–H groups in total. The fourth-order valence-corrected chi connectivity index (χ4v) is 6.70. The summed E-state index contributed by atoms with van der Waals surface area (Å²) >= 11 is 0. The van der Waals surface area contributed by atoms with Crippen molar-refractivity contribution in [2.45, 2.75) is 187 Å². The first kappa shape index (κ1) is 55.7. The van der Waals surface area contributed by atoms with Crippen LogP contribution >= 0.6 is 7.82 Å². The third kappa shape index (κ3) is 44.8. The maximum atomic E-state index is 12.6. The minimum Gasteiger partial charge on any atom is -0.457 e. The van der Waals surface area contributed by atoms with E-state index in [9.17, 15) is 14.3 Å². The van der Waals surface area contributed by atoms with E-state index in [1.807, 2.05) is 0 Å². The molecule has 0 amide bonds. The van der Waals surface area contributed by atoms with Crippen LogP contribution in [0, 0.1) is 0 Å². The lowest BCUT2D eigenvalue weighted by molar-refractivity contribution is -0.154. The molecule has 0 bridgehead atoms. The van der Waals surface area contributed by atoms with Crippen LogP contribution in [0.5, 0.6) is 0 Å². The Morgan fingerprint density at radius 2 is 0.966 bits per heavy atom. The highest BCUT2D eigenvalue weighted by Crippen LogP contribution is 2.43. The van der Waals surface area contributed by atoms with Crippen LogP contribution in [-0.4, -0.2) is 49.9 Å². The molecule has 0 aromatic heterocycles. The summed E-state index contributed by atoms with van der Waals surface area (Å²) in [6, 6.07) is 0. The Hall–Kier alpha value is -2.32. The summed E-state index contributed by atoms with van der Waals surface area (Å²) in [5, 5.41) is 0. The molecule has 0 fully saturated rings. The molecular weight excluding hydrogens is 746 g/mol. The van der Waals surface area contributed by atoms with Crippen LogP contribution in [-0.2, 0) is 27.9 Å². The van der Waals surface area contributed by atoms with Gasteiger partial charge in [0.15, 0.2) is 0 Å². The molecule has 0 aliphatic rings. The van der Waals surface area contributed by atoms with Crippen molar-refractivity contribution in [1.29, 1.82) is 0 Å². The molecule has 0 spiro atoms. The zero-order chi connectivity index (χ0) is 42.3. The van der Waals surface area contributed by atoms with Crippen LogP contribution in [0.1, 0.15) is 181 Å². The van der Waals surface area contributed by atoms with Crippen molar-refractivity contribution >= 4 is 13.8 Å².